The van der Waals surface area contributed by atoms with E-state index < -0.39 is 0 Å². The third-order valence-electron chi connectivity index (χ3n) is 3.53. The predicted octanol–water partition coefficient (Wildman–Crippen LogP) is 1.36. The highest BCUT2D eigenvalue weighted by molar-refractivity contribution is 5.85. The highest BCUT2D eigenvalue weighted by Gasteiger charge is 2.25. The van der Waals surface area contributed by atoms with Gasteiger partial charge in [-0.3, -0.25) is 9.59 Å². The Bertz CT molecular complexity index is 488. The van der Waals surface area contributed by atoms with E-state index >= 15 is 0 Å². The van der Waals surface area contributed by atoms with Crippen molar-refractivity contribution >= 4 is 11.8 Å². The Morgan fingerprint density at radius 2 is 2.05 bits per heavy atom. The van der Waals surface area contributed by atoms with Crippen LogP contribution >= 0.6 is 0 Å². The molecule has 0 unspecified atom stereocenters. The largest absolute Gasteiger partial charge is 0.370 e. The average molecular weight is 290 g/mol. The first-order valence-corrected chi connectivity index (χ1v) is 7.30. The van der Waals surface area contributed by atoms with E-state index in [1.54, 1.807) is 18.7 Å². The number of amides is 2. The first-order valence-electron chi connectivity index (χ1n) is 7.30. The molecule has 2 rings (SSSR count). The molecule has 0 saturated carbocycles. The summed E-state index contributed by atoms with van der Waals surface area (Å²) < 4.78 is 5.73. The third kappa shape index (κ3) is 4.29. The van der Waals surface area contributed by atoms with Gasteiger partial charge in [0.25, 0.3) is 0 Å². The molecule has 1 fully saturated rings. The second kappa shape index (κ2) is 7.22. The van der Waals surface area contributed by atoms with Crippen LogP contribution in [0.3, 0.4) is 0 Å². The molecule has 1 aromatic carbocycles. The van der Waals surface area contributed by atoms with Gasteiger partial charge in [-0.25, -0.2) is 0 Å². The normalized spacial score (nSPS) is 18.6. The van der Waals surface area contributed by atoms with Gasteiger partial charge in [-0.1, -0.05) is 44.2 Å². The summed E-state index contributed by atoms with van der Waals surface area (Å²) >= 11 is 0. The molecule has 0 radical (unpaired) electrons. The molecule has 5 nitrogen and oxygen atoms in total. The number of rotatable bonds is 4. The highest BCUT2D eigenvalue weighted by atomic mass is 16.5. The molecule has 2 amide bonds. The summed E-state index contributed by atoms with van der Waals surface area (Å²) in [6, 6.07) is 9.87. The van der Waals surface area contributed by atoms with E-state index in [2.05, 4.69) is 5.32 Å². The number of nitrogens with one attached hydrogen (secondary N) is 1. The van der Waals surface area contributed by atoms with Crippen LogP contribution in [0.25, 0.3) is 0 Å². The molecule has 21 heavy (non-hydrogen) atoms. The van der Waals surface area contributed by atoms with Gasteiger partial charge in [0, 0.05) is 12.5 Å². The number of ether oxygens (including phenoxy) is 1. The summed E-state index contributed by atoms with van der Waals surface area (Å²) in [5.41, 5.74) is 1.07. The predicted molar refractivity (Wildman–Crippen MR) is 79.6 cm³/mol. The molecule has 1 aromatic rings. The van der Waals surface area contributed by atoms with Gasteiger partial charge in [0.1, 0.15) is 6.10 Å². The molecular weight excluding hydrogens is 268 g/mol. The molecular formula is C16H22N2O3. The molecule has 1 atom stereocenters. The van der Waals surface area contributed by atoms with Crippen LogP contribution in [0.1, 0.15) is 25.5 Å². The quantitative estimate of drug-likeness (QED) is 0.911. The standard InChI is InChI=1S/C16H22N2O3/c1-12(2)16(20)17-10-15(19)18-8-9-21-14(11-18)13-6-4-3-5-7-13/h3-7,12,14H,8-11H2,1-2H3,(H,17,20)/t14-/m1/s1. The van der Waals surface area contributed by atoms with Gasteiger partial charge in [-0.15, -0.1) is 0 Å². The number of carbonyl (C=O) groups excluding carboxylic acids is 2. The zero-order valence-corrected chi connectivity index (χ0v) is 12.5. The number of morpholine rings is 1. The molecule has 1 aliphatic heterocycles. The maximum atomic E-state index is 12.2. The lowest BCUT2D eigenvalue weighted by molar-refractivity contribution is -0.139. The first-order chi connectivity index (χ1) is 10.1. The molecule has 0 aliphatic carbocycles. The lowest BCUT2D eigenvalue weighted by atomic mass is 10.1. The SMILES string of the molecule is CC(C)C(=O)NCC(=O)N1CCO[C@@H](c2ccccc2)C1. The minimum absolute atomic E-state index is 0.0541. The fourth-order valence-electron chi connectivity index (χ4n) is 2.22. The van der Waals surface area contributed by atoms with Crippen molar-refractivity contribution in [3.63, 3.8) is 0 Å². The Morgan fingerprint density at radius 1 is 1.33 bits per heavy atom. The van der Waals surface area contributed by atoms with E-state index in [-0.39, 0.29) is 30.4 Å². The average Bonchev–Trinajstić information content (AvgIpc) is 2.53. The summed E-state index contributed by atoms with van der Waals surface area (Å²) in [6.07, 6.45) is -0.0929. The van der Waals surface area contributed by atoms with E-state index in [1.165, 1.54) is 0 Å². The van der Waals surface area contributed by atoms with E-state index in [4.69, 9.17) is 4.74 Å². The Labute approximate surface area is 125 Å². The van der Waals surface area contributed by atoms with Crippen molar-refractivity contribution in [3.8, 4) is 0 Å². The first kappa shape index (κ1) is 15.5. The Hall–Kier alpha value is -1.88. The number of carbonyl (C=O) groups is 2. The van der Waals surface area contributed by atoms with Gasteiger partial charge in [0.2, 0.25) is 11.8 Å². The van der Waals surface area contributed by atoms with Crippen molar-refractivity contribution < 1.29 is 14.3 Å². The smallest absolute Gasteiger partial charge is 0.242 e. The zero-order chi connectivity index (χ0) is 15.2. The highest BCUT2D eigenvalue weighted by Crippen LogP contribution is 2.21. The van der Waals surface area contributed by atoms with Gasteiger partial charge in [-0.2, -0.15) is 0 Å². The number of hydrogen-bond acceptors (Lipinski definition) is 3. The van der Waals surface area contributed by atoms with Crippen molar-refractivity contribution in [2.45, 2.75) is 20.0 Å². The monoisotopic (exact) mass is 290 g/mol. The molecule has 0 aromatic heterocycles. The third-order valence-corrected chi connectivity index (χ3v) is 3.53. The minimum Gasteiger partial charge on any atom is -0.370 e. The fraction of sp³-hybridized carbons (Fsp3) is 0.500. The summed E-state index contributed by atoms with van der Waals surface area (Å²) in [6.45, 7) is 5.28. The summed E-state index contributed by atoms with van der Waals surface area (Å²) in [4.78, 5) is 25.4. The van der Waals surface area contributed by atoms with Crippen molar-refractivity contribution in [2.24, 2.45) is 5.92 Å². The van der Waals surface area contributed by atoms with E-state index in [9.17, 15) is 9.59 Å². The lowest BCUT2D eigenvalue weighted by Crippen LogP contribution is -2.47. The summed E-state index contributed by atoms with van der Waals surface area (Å²) in [5, 5.41) is 2.66. The molecule has 1 aliphatic rings. The maximum Gasteiger partial charge on any atom is 0.242 e. The van der Waals surface area contributed by atoms with Crippen LogP contribution in [0.2, 0.25) is 0 Å². The summed E-state index contributed by atoms with van der Waals surface area (Å²) in [7, 11) is 0. The molecule has 1 N–H and O–H groups in total. The topological polar surface area (TPSA) is 58.6 Å². The van der Waals surface area contributed by atoms with Gasteiger partial charge >= 0.3 is 0 Å². The molecule has 0 spiro atoms. The van der Waals surface area contributed by atoms with Crippen molar-refractivity contribution in [1.82, 2.24) is 10.2 Å². The van der Waals surface area contributed by atoms with Crippen LogP contribution in [0, 0.1) is 5.92 Å². The number of hydrogen-bond donors (Lipinski definition) is 1. The Morgan fingerprint density at radius 3 is 2.71 bits per heavy atom. The van der Waals surface area contributed by atoms with Crippen LogP contribution in [-0.2, 0) is 14.3 Å². The lowest BCUT2D eigenvalue weighted by Gasteiger charge is -2.33. The molecule has 1 saturated heterocycles. The van der Waals surface area contributed by atoms with Crippen LogP contribution in [0.5, 0.6) is 0 Å². The second-order valence-corrected chi connectivity index (χ2v) is 5.48. The van der Waals surface area contributed by atoms with Crippen molar-refractivity contribution in [1.29, 1.82) is 0 Å². The molecule has 0 bridgehead atoms. The molecule has 5 heteroatoms. The number of benzene rings is 1. The van der Waals surface area contributed by atoms with E-state index in [0.29, 0.717) is 19.7 Å². The maximum absolute atomic E-state index is 12.2. The van der Waals surface area contributed by atoms with Crippen molar-refractivity contribution in [2.75, 3.05) is 26.2 Å². The zero-order valence-electron chi connectivity index (χ0n) is 12.5. The van der Waals surface area contributed by atoms with Crippen molar-refractivity contribution in [3.05, 3.63) is 35.9 Å². The van der Waals surface area contributed by atoms with Gasteiger partial charge < -0.3 is 15.0 Å². The van der Waals surface area contributed by atoms with Crippen LogP contribution in [-0.4, -0.2) is 43.0 Å². The van der Waals surface area contributed by atoms with Crippen LogP contribution in [0.15, 0.2) is 30.3 Å². The van der Waals surface area contributed by atoms with Crippen LogP contribution in [0.4, 0.5) is 0 Å². The molecule has 1 heterocycles. The molecule has 114 valence electrons. The Balaban J connectivity index is 1.89. The fourth-order valence-corrected chi connectivity index (χ4v) is 2.22. The van der Waals surface area contributed by atoms with E-state index in [1.807, 2.05) is 30.3 Å². The minimum atomic E-state index is -0.112. The van der Waals surface area contributed by atoms with Crippen LogP contribution < -0.4 is 5.32 Å². The van der Waals surface area contributed by atoms with E-state index in [0.717, 1.165) is 5.56 Å². The summed E-state index contributed by atoms with van der Waals surface area (Å²) in [5.74, 6) is -0.274. The Kier molecular flexibility index (Phi) is 5.33. The number of nitrogens with zero attached hydrogens (tertiary/aromatic N) is 1. The van der Waals surface area contributed by atoms with Gasteiger partial charge in [0.15, 0.2) is 0 Å². The van der Waals surface area contributed by atoms with Gasteiger partial charge in [-0.05, 0) is 5.56 Å². The second-order valence-electron chi connectivity index (χ2n) is 5.48. The van der Waals surface area contributed by atoms with Gasteiger partial charge in [0.05, 0.1) is 19.7 Å².